The molecule has 0 aliphatic carbocycles. The first-order valence-electron chi connectivity index (χ1n) is 10.7. The van der Waals surface area contributed by atoms with Crippen molar-refractivity contribution in [2.75, 3.05) is 25.1 Å². The summed E-state index contributed by atoms with van der Waals surface area (Å²) in [5.41, 5.74) is 3.64. The quantitative estimate of drug-likeness (QED) is 0.476. The van der Waals surface area contributed by atoms with Crippen LogP contribution in [0, 0.1) is 0 Å². The third-order valence-corrected chi connectivity index (χ3v) is 5.25. The van der Waals surface area contributed by atoms with Gasteiger partial charge in [-0.25, -0.2) is 9.67 Å². The molecule has 0 atom stereocenters. The fraction of sp³-hybridized carbons (Fsp3) is 0.619. The van der Waals surface area contributed by atoms with Crippen LogP contribution in [0.1, 0.15) is 51.3 Å². The van der Waals surface area contributed by atoms with E-state index < -0.39 is 5.97 Å². The number of aromatic nitrogens is 3. The van der Waals surface area contributed by atoms with Gasteiger partial charge in [0.15, 0.2) is 5.65 Å². The van der Waals surface area contributed by atoms with Crippen LogP contribution in [0.5, 0.6) is 0 Å². The van der Waals surface area contributed by atoms with Crippen LogP contribution in [0.2, 0.25) is 0 Å². The van der Waals surface area contributed by atoms with Gasteiger partial charge in [-0.1, -0.05) is 6.92 Å². The normalized spacial score (nSPS) is 14.6. The van der Waals surface area contributed by atoms with E-state index in [-0.39, 0.29) is 31.5 Å². The van der Waals surface area contributed by atoms with E-state index in [4.69, 9.17) is 14.5 Å². The molecular weight excluding hydrogens is 386 g/mol. The van der Waals surface area contributed by atoms with Gasteiger partial charge in [-0.05, 0) is 33.1 Å². The number of esters is 1. The summed E-state index contributed by atoms with van der Waals surface area (Å²) in [6.45, 7) is 8.53. The van der Waals surface area contributed by atoms with Crippen molar-refractivity contribution in [2.24, 2.45) is 0 Å². The number of aryl methyl sites for hydroxylation is 2. The van der Waals surface area contributed by atoms with E-state index in [2.05, 4.69) is 15.7 Å². The molecule has 1 aliphatic rings. The average Bonchev–Trinajstić information content (AvgIpc) is 3.16. The highest BCUT2D eigenvalue weighted by molar-refractivity contribution is 5.95. The van der Waals surface area contributed by atoms with E-state index in [9.17, 15) is 9.59 Å². The number of pyridine rings is 1. The SMILES string of the molecule is CCOC(=O)CC(=O)NCc1c(CC)nc2c(cnn2CC)c1NC1CCOCC1. The zero-order valence-corrected chi connectivity index (χ0v) is 18.0. The van der Waals surface area contributed by atoms with Crippen molar-refractivity contribution in [1.82, 2.24) is 20.1 Å². The smallest absolute Gasteiger partial charge is 0.315 e. The molecule has 1 saturated heterocycles. The van der Waals surface area contributed by atoms with Gasteiger partial charge in [-0.15, -0.1) is 0 Å². The largest absolute Gasteiger partial charge is 0.466 e. The van der Waals surface area contributed by atoms with E-state index >= 15 is 0 Å². The molecule has 9 nitrogen and oxygen atoms in total. The summed E-state index contributed by atoms with van der Waals surface area (Å²) in [5.74, 6) is -0.888. The number of ether oxygens (including phenoxy) is 2. The van der Waals surface area contributed by atoms with Crippen LogP contribution < -0.4 is 10.6 Å². The number of nitrogens with zero attached hydrogens (tertiary/aromatic N) is 3. The second-order valence-corrected chi connectivity index (χ2v) is 7.25. The third kappa shape index (κ3) is 5.08. The van der Waals surface area contributed by atoms with Gasteiger partial charge in [0.2, 0.25) is 5.91 Å². The van der Waals surface area contributed by atoms with Gasteiger partial charge in [0.25, 0.3) is 0 Å². The summed E-state index contributed by atoms with van der Waals surface area (Å²) in [5, 5.41) is 11.9. The number of rotatable bonds is 9. The van der Waals surface area contributed by atoms with Crippen LogP contribution in [-0.4, -0.2) is 52.5 Å². The molecule has 164 valence electrons. The summed E-state index contributed by atoms with van der Waals surface area (Å²) < 4.78 is 12.2. The fourth-order valence-electron chi connectivity index (χ4n) is 3.69. The second-order valence-electron chi connectivity index (χ2n) is 7.25. The lowest BCUT2D eigenvalue weighted by Gasteiger charge is -2.26. The molecule has 1 aliphatic heterocycles. The van der Waals surface area contributed by atoms with Crippen LogP contribution in [0.4, 0.5) is 5.69 Å². The summed E-state index contributed by atoms with van der Waals surface area (Å²) >= 11 is 0. The number of carbonyl (C=O) groups is 2. The van der Waals surface area contributed by atoms with Gasteiger partial charge in [-0.2, -0.15) is 5.10 Å². The van der Waals surface area contributed by atoms with Crippen LogP contribution in [0.25, 0.3) is 11.0 Å². The van der Waals surface area contributed by atoms with Crippen molar-refractivity contribution in [3.05, 3.63) is 17.5 Å². The number of anilines is 1. The molecule has 2 N–H and O–H groups in total. The number of hydrogen-bond donors (Lipinski definition) is 2. The van der Waals surface area contributed by atoms with Crippen LogP contribution >= 0.6 is 0 Å². The molecule has 1 amide bonds. The first kappa shape index (κ1) is 22.0. The molecule has 0 aromatic carbocycles. The molecule has 0 radical (unpaired) electrons. The maximum Gasteiger partial charge on any atom is 0.315 e. The minimum Gasteiger partial charge on any atom is -0.466 e. The zero-order valence-electron chi connectivity index (χ0n) is 18.0. The first-order valence-corrected chi connectivity index (χ1v) is 10.7. The molecule has 30 heavy (non-hydrogen) atoms. The second kappa shape index (κ2) is 10.4. The molecule has 3 heterocycles. The molecule has 2 aromatic heterocycles. The Bertz CT molecular complexity index is 889. The van der Waals surface area contributed by atoms with Gasteiger partial charge >= 0.3 is 5.97 Å². The Kier molecular flexibility index (Phi) is 7.62. The zero-order chi connectivity index (χ0) is 21.5. The van der Waals surface area contributed by atoms with Crippen molar-refractivity contribution in [3.63, 3.8) is 0 Å². The van der Waals surface area contributed by atoms with E-state index in [1.807, 2.05) is 24.7 Å². The van der Waals surface area contributed by atoms with Gasteiger partial charge < -0.3 is 20.1 Å². The maximum atomic E-state index is 12.2. The Morgan fingerprint density at radius 2 is 2.03 bits per heavy atom. The molecule has 9 heteroatoms. The predicted molar refractivity (Wildman–Crippen MR) is 113 cm³/mol. The molecule has 0 bridgehead atoms. The molecule has 0 spiro atoms. The maximum absolute atomic E-state index is 12.2. The van der Waals surface area contributed by atoms with E-state index in [0.717, 1.165) is 67.0 Å². The van der Waals surface area contributed by atoms with Crippen molar-refractivity contribution >= 4 is 28.6 Å². The minimum absolute atomic E-state index is 0.257. The van der Waals surface area contributed by atoms with Crippen molar-refractivity contribution in [1.29, 1.82) is 0 Å². The highest BCUT2D eigenvalue weighted by Gasteiger charge is 2.22. The molecule has 0 unspecified atom stereocenters. The Labute approximate surface area is 176 Å². The molecule has 1 fully saturated rings. The topological polar surface area (TPSA) is 107 Å². The molecular formula is C21H31N5O4. The summed E-state index contributed by atoms with van der Waals surface area (Å²) in [6, 6.07) is 0.285. The lowest BCUT2D eigenvalue weighted by atomic mass is 10.0. The molecule has 0 saturated carbocycles. The Hall–Kier alpha value is -2.68. The summed E-state index contributed by atoms with van der Waals surface area (Å²) in [4.78, 5) is 28.7. The van der Waals surface area contributed by atoms with Crippen LogP contribution in [0.3, 0.4) is 0 Å². The Morgan fingerprint density at radius 3 is 2.70 bits per heavy atom. The molecule has 3 rings (SSSR count). The van der Waals surface area contributed by atoms with Gasteiger partial charge in [0.1, 0.15) is 6.42 Å². The Morgan fingerprint density at radius 1 is 1.27 bits per heavy atom. The van der Waals surface area contributed by atoms with Crippen molar-refractivity contribution in [3.8, 4) is 0 Å². The van der Waals surface area contributed by atoms with Crippen molar-refractivity contribution < 1.29 is 19.1 Å². The predicted octanol–water partition coefficient (Wildman–Crippen LogP) is 2.17. The monoisotopic (exact) mass is 417 g/mol. The van der Waals surface area contributed by atoms with E-state index in [1.165, 1.54) is 0 Å². The fourth-order valence-corrected chi connectivity index (χ4v) is 3.69. The van der Waals surface area contributed by atoms with E-state index in [1.54, 1.807) is 6.92 Å². The minimum atomic E-state index is -0.524. The number of carbonyl (C=O) groups excluding carboxylic acids is 2. The number of hydrogen-bond acceptors (Lipinski definition) is 7. The lowest BCUT2D eigenvalue weighted by molar-refractivity contribution is -0.146. The molecule has 2 aromatic rings. The standard InChI is InChI=1S/C21H31N5O4/c1-4-17-15(12-22-18(27)11-19(28)30-6-3)20(24-14-7-9-29-10-8-14)16-13-23-26(5-2)21(16)25-17/h13-14H,4-12H2,1-3H3,(H,22,27)(H,24,25). The third-order valence-electron chi connectivity index (χ3n) is 5.25. The first-order chi connectivity index (χ1) is 14.6. The number of amides is 1. The van der Waals surface area contributed by atoms with Crippen LogP contribution in [0.15, 0.2) is 6.20 Å². The van der Waals surface area contributed by atoms with Gasteiger partial charge in [-0.3, -0.25) is 9.59 Å². The van der Waals surface area contributed by atoms with Crippen LogP contribution in [-0.2, 0) is 38.6 Å². The van der Waals surface area contributed by atoms with E-state index in [0.29, 0.717) is 0 Å². The van der Waals surface area contributed by atoms with Crippen molar-refractivity contribution in [2.45, 2.75) is 65.6 Å². The summed E-state index contributed by atoms with van der Waals surface area (Å²) in [6.07, 6.45) is 4.10. The van der Waals surface area contributed by atoms with Gasteiger partial charge in [0, 0.05) is 43.6 Å². The number of fused-ring (bicyclic) bond motifs is 1. The summed E-state index contributed by atoms with van der Waals surface area (Å²) in [7, 11) is 0. The lowest BCUT2D eigenvalue weighted by Crippen LogP contribution is -2.30. The highest BCUT2D eigenvalue weighted by Crippen LogP contribution is 2.31. The Balaban J connectivity index is 1.90. The average molecular weight is 418 g/mol. The highest BCUT2D eigenvalue weighted by atomic mass is 16.5. The van der Waals surface area contributed by atoms with Gasteiger partial charge in [0.05, 0.1) is 23.9 Å². The number of nitrogens with one attached hydrogen (secondary N) is 2.